The van der Waals surface area contributed by atoms with Gasteiger partial charge in [0.15, 0.2) is 11.0 Å². The number of H-pyrrole nitrogens is 1. The number of benzene rings is 2. The van der Waals surface area contributed by atoms with Crippen LogP contribution in [-0.4, -0.2) is 26.1 Å². The SMILES string of the molecule is CC(=O)N(c1nc(CSc2n[nH]c(-c3ccccc3F)n2)cs1)c1cccc(C)c1C. The summed E-state index contributed by atoms with van der Waals surface area (Å²) in [5, 5.41) is 9.99. The Labute approximate surface area is 187 Å². The summed E-state index contributed by atoms with van der Waals surface area (Å²) in [6, 6.07) is 12.3. The minimum Gasteiger partial charge on any atom is -0.274 e. The number of nitrogens with one attached hydrogen (secondary N) is 1. The third-order valence-corrected chi connectivity index (χ3v) is 6.56. The Balaban J connectivity index is 1.50. The van der Waals surface area contributed by atoms with Crippen molar-refractivity contribution in [2.45, 2.75) is 31.7 Å². The molecule has 0 fully saturated rings. The Morgan fingerprint density at radius 2 is 1.97 bits per heavy atom. The van der Waals surface area contributed by atoms with Gasteiger partial charge in [-0.15, -0.1) is 16.4 Å². The van der Waals surface area contributed by atoms with Gasteiger partial charge in [0.05, 0.1) is 16.9 Å². The van der Waals surface area contributed by atoms with Gasteiger partial charge in [-0.1, -0.05) is 36.0 Å². The number of carbonyl (C=O) groups is 1. The monoisotopic (exact) mass is 453 g/mol. The quantitative estimate of drug-likeness (QED) is 0.381. The number of hydrogen-bond donors (Lipinski definition) is 1. The molecule has 4 rings (SSSR count). The van der Waals surface area contributed by atoms with E-state index in [0.717, 1.165) is 22.5 Å². The van der Waals surface area contributed by atoms with Gasteiger partial charge in [0.25, 0.3) is 0 Å². The van der Waals surface area contributed by atoms with Gasteiger partial charge in [-0.25, -0.2) is 14.4 Å². The highest BCUT2D eigenvalue weighted by Crippen LogP contribution is 2.33. The molecule has 0 bridgehead atoms. The molecule has 9 heteroatoms. The number of thiazole rings is 1. The van der Waals surface area contributed by atoms with Crippen molar-refractivity contribution in [3.05, 3.63) is 70.5 Å². The van der Waals surface area contributed by atoms with Gasteiger partial charge in [-0.05, 0) is 43.2 Å². The summed E-state index contributed by atoms with van der Waals surface area (Å²) in [4.78, 5) is 23.1. The Morgan fingerprint density at radius 1 is 1.16 bits per heavy atom. The number of halogens is 1. The molecule has 158 valence electrons. The number of aromatic amines is 1. The minimum atomic E-state index is -0.352. The number of carbonyl (C=O) groups excluding carboxylic acids is 1. The first-order valence-electron chi connectivity index (χ1n) is 9.55. The second kappa shape index (κ2) is 8.99. The van der Waals surface area contributed by atoms with Gasteiger partial charge in [-0.2, -0.15) is 0 Å². The van der Waals surface area contributed by atoms with E-state index in [0.29, 0.717) is 27.4 Å². The van der Waals surface area contributed by atoms with Crippen LogP contribution in [0.15, 0.2) is 53.0 Å². The van der Waals surface area contributed by atoms with Gasteiger partial charge in [0.1, 0.15) is 5.82 Å². The zero-order valence-corrected chi connectivity index (χ0v) is 18.9. The lowest BCUT2D eigenvalue weighted by Crippen LogP contribution is -2.23. The van der Waals surface area contributed by atoms with E-state index in [1.54, 1.807) is 23.1 Å². The van der Waals surface area contributed by atoms with Crippen molar-refractivity contribution in [3.8, 4) is 11.4 Å². The average Bonchev–Trinajstić information content (AvgIpc) is 3.40. The number of nitrogens with zero attached hydrogens (tertiary/aromatic N) is 4. The predicted octanol–water partition coefficient (Wildman–Crippen LogP) is 5.66. The van der Waals surface area contributed by atoms with E-state index in [2.05, 4.69) is 20.2 Å². The van der Waals surface area contributed by atoms with E-state index in [1.165, 1.54) is 36.1 Å². The van der Waals surface area contributed by atoms with Crippen LogP contribution in [0.25, 0.3) is 11.4 Å². The maximum absolute atomic E-state index is 13.9. The molecule has 0 aliphatic rings. The first kappa shape index (κ1) is 21.2. The van der Waals surface area contributed by atoms with E-state index in [9.17, 15) is 9.18 Å². The molecule has 0 saturated heterocycles. The first-order valence-corrected chi connectivity index (χ1v) is 11.4. The number of thioether (sulfide) groups is 1. The summed E-state index contributed by atoms with van der Waals surface area (Å²) >= 11 is 2.81. The van der Waals surface area contributed by atoms with Crippen LogP contribution >= 0.6 is 23.1 Å². The van der Waals surface area contributed by atoms with Crippen molar-refractivity contribution in [3.63, 3.8) is 0 Å². The third-order valence-electron chi connectivity index (χ3n) is 4.81. The van der Waals surface area contributed by atoms with Crippen LogP contribution in [0.4, 0.5) is 15.2 Å². The number of aromatic nitrogens is 4. The van der Waals surface area contributed by atoms with E-state index >= 15 is 0 Å². The minimum absolute atomic E-state index is 0.0919. The van der Waals surface area contributed by atoms with Crippen LogP contribution in [0.5, 0.6) is 0 Å². The van der Waals surface area contributed by atoms with Gasteiger partial charge in [0, 0.05) is 18.1 Å². The van der Waals surface area contributed by atoms with Crippen molar-refractivity contribution in [1.29, 1.82) is 0 Å². The Hall–Kier alpha value is -3.04. The molecular formula is C22H20FN5OS2. The molecule has 1 N–H and O–H groups in total. The highest BCUT2D eigenvalue weighted by Gasteiger charge is 2.20. The largest absolute Gasteiger partial charge is 0.274 e. The summed E-state index contributed by atoms with van der Waals surface area (Å²) in [5.74, 6) is 0.474. The van der Waals surface area contributed by atoms with Gasteiger partial charge in [0.2, 0.25) is 11.1 Å². The lowest BCUT2D eigenvalue weighted by molar-refractivity contribution is -0.115. The molecule has 0 spiro atoms. The number of rotatable bonds is 6. The molecule has 1 amide bonds. The smallest absolute Gasteiger partial charge is 0.230 e. The lowest BCUT2D eigenvalue weighted by atomic mass is 10.1. The highest BCUT2D eigenvalue weighted by atomic mass is 32.2. The second-order valence-corrected chi connectivity index (χ2v) is 8.71. The third kappa shape index (κ3) is 4.52. The Bertz CT molecular complexity index is 1240. The molecule has 0 unspecified atom stereocenters. The van der Waals surface area contributed by atoms with Crippen LogP contribution in [0.2, 0.25) is 0 Å². The van der Waals surface area contributed by atoms with Crippen molar-refractivity contribution in [1.82, 2.24) is 20.2 Å². The fraction of sp³-hybridized carbons (Fsp3) is 0.182. The maximum Gasteiger partial charge on any atom is 0.230 e. The Morgan fingerprint density at radius 3 is 2.74 bits per heavy atom. The van der Waals surface area contributed by atoms with Crippen LogP contribution < -0.4 is 4.90 Å². The average molecular weight is 454 g/mol. The second-order valence-electron chi connectivity index (χ2n) is 6.93. The molecule has 0 aliphatic carbocycles. The number of anilines is 2. The van der Waals surface area contributed by atoms with Crippen molar-refractivity contribution in [2.75, 3.05) is 4.90 Å². The van der Waals surface area contributed by atoms with Gasteiger partial charge in [-0.3, -0.25) is 14.8 Å². The summed E-state index contributed by atoms with van der Waals surface area (Å²) in [7, 11) is 0. The molecule has 4 aromatic rings. The van der Waals surface area contributed by atoms with Crippen LogP contribution in [0.1, 0.15) is 23.7 Å². The summed E-state index contributed by atoms with van der Waals surface area (Å²) in [6.07, 6.45) is 0. The molecule has 0 atom stereocenters. The number of aryl methyl sites for hydroxylation is 1. The molecule has 2 aromatic carbocycles. The molecule has 0 aliphatic heterocycles. The van der Waals surface area contributed by atoms with E-state index in [-0.39, 0.29) is 11.7 Å². The van der Waals surface area contributed by atoms with Crippen LogP contribution in [0, 0.1) is 19.7 Å². The lowest BCUT2D eigenvalue weighted by Gasteiger charge is -2.21. The van der Waals surface area contributed by atoms with E-state index < -0.39 is 0 Å². The van der Waals surface area contributed by atoms with Crippen LogP contribution in [0.3, 0.4) is 0 Å². The fourth-order valence-electron chi connectivity index (χ4n) is 3.07. The predicted molar refractivity (Wildman–Crippen MR) is 122 cm³/mol. The van der Waals surface area contributed by atoms with Crippen molar-refractivity contribution in [2.24, 2.45) is 0 Å². The summed E-state index contributed by atoms with van der Waals surface area (Å²) < 4.78 is 13.9. The standard InChI is InChI=1S/C22H20FN5OS2/c1-13-7-6-10-19(14(13)2)28(15(3)29)22-24-16(12-31-22)11-30-21-25-20(26-27-21)17-8-4-5-9-18(17)23/h4-10,12H,11H2,1-3H3,(H,25,26,27). The molecule has 0 radical (unpaired) electrons. The normalized spacial score (nSPS) is 11.0. The molecule has 2 aromatic heterocycles. The fourth-order valence-corrected chi connectivity index (χ4v) is 4.75. The number of amides is 1. The number of hydrogen-bond acceptors (Lipinski definition) is 6. The Kier molecular flexibility index (Phi) is 6.15. The topological polar surface area (TPSA) is 74.8 Å². The van der Waals surface area contributed by atoms with E-state index in [4.69, 9.17) is 0 Å². The molecule has 0 saturated carbocycles. The highest BCUT2D eigenvalue weighted by molar-refractivity contribution is 7.98. The van der Waals surface area contributed by atoms with E-state index in [1.807, 2.05) is 37.4 Å². The first-order chi connectivity index (χ1) is 14.9. The van der Waals surface area contributed by atoms with Crippen molar-refractivity contribution >= 4 is 39.8 Å². The van der Waals surface area contributed by atoms with Crippen LogP contribution in [-0.2, 0) is 10.5 Å². The molecule has 31 heavy (non-hydrogen) atoms. The zero-order chi connectivity index (χ0) is 22.0. The van der Waals surface area contributed by atoms with Gasteiger partial charge < -0.3 is 0 Å². The summed E-state index contributed by atoms with van der Waals surface area (Å²) in [5.41, 5.74) is 4.20. The molecule has 2 heterocycles. The molecular weight excluding hydrogens is 433 g/mol. The molecule has 6 nitrogen and oxygen atoms in total. The van der Waals surface area contributed by atoms with Gasteiger partial charge >= 0.3 is 0 Å². The summed E-state index contributed by atoms with van der Waals surface area (Å²) in [6.45, 7) is 5.56. The van der Waals surface area contributed by atoms with Crippen molar-refractivity contribution < 1.29 is 9.18 Å². The maximum atomic E-state index is 13.9. The zero-order valence-electron chi connectivity index (χ0n) is 17.2.